The molecule has 1 N–H and O–H groups in total. The highest BCUT2D eigenvalue weighted by atomic mass is 79.9. The third-order valence-electron chi connectivity index (χ3n) is 2.84. The fourth-order valence-electron chi connectivity index (χ4n) is 1.72. The van der Waals surface area contributed by atoms with Crippen LogP contribution in [0.1, 0.15) is 25.3 Å². The van der Waals surface area contributed by atoms with Crippen LogP contribution in [0.15, 0.2) is 24.3 Å². The maximum absolute atomic E-state index is 11.9. The quantitative estimate of drug-likeness (QED) is 0.786. The largest absolute Gasteiger partial charge is 0.497 e. The zero-order valence-electron chi connectivity index (χ0n) is 10.9. The Balaban J connectivity index is 2.47. The fourth-order valence-corrected chi connectivity index (χ4v) is 2.27. The molecule has 100 valence electrons. The van der Waals surface area contributed by atoms with Crippen LogP contribution in [0.2, 0.25) is 0 Å². The van der Waals surface area contributed by atoms with E-state index in [4.69, 9.17) is 4.74 Å². The minimum absolute atomic E-state index is 0.0768. The van der Waals surface area contributed by atoms with Crippen molar-refractivity contribution in [3.05, 3.63) is 29.8 Å². The first-order valence-electron chi connectivity index (χ1n) is 6.17. The molecule has 0 aromatic heterocycles. The van der Waals surface area contributed by atoms with Gasteiger partial charge in [-0.1, -0.05) is 35.0 Å². The number of rotatable bonds is 7. The topological polar surface area (TPSA) is 38.3 Å². The van der Waals surface area contributed by atoms with Crippen LogP contribution in [0.5, 0.6) is 5.75 Å². The molecule has 1 rings (SSSR count). The molecule has 0 aliphatic carbocycles. The normalized spacial score (nSPS) is 11.9. The van der Waals surface area contributed by atoms with Crippen molar-refractivity contribution in [2.24, 2.45) is 0 Å². The standard InChI is InChI=1S/C14H20BrNO2/c1-3-12(8-9-15)16-14(17)10-11-4-6-13(18-2)7-5-11/h4-7,12H,3,8-10H2,1-2H3,(H,16,17). The maximum atomic E-state index is 11.9. The highest BCUT2D eigenvalue weighted by Crippen LogP contribution is 2.11. The second-order valence-corrected chi connectivity index (χ2v) is 4.97. The zero-order valence-corrected chi connectivity index (χ0v) is 12.5. The van der Waals surface area contributed by atoms with Crippen LogP contribution in [-0.4, -0.2) is 24.4 Å². The molecule has 0 spiro atoms. The van der Waals surface area contributed by atoms with Gasteiger partial charge in [-0.2, -0.15) is 0 Å². The number of amides is 1. The van der Waals surface area contributed by atoms with Crippen molar-refractivity contribution in [2.45, 2.75) is 32.2 Å². The molecule has 1 aromatic carbocycles. The van der Waals surface area contributed by atoms with E-state index in [0.717, 1.165) is 29.5 Å². The molecule has 0 radical (unpaired) electrons. The Morgan fingerprint density at radius 2 is 2.06 bits per heavy atom. The molecule has 0 heterocycles. The van der Waals surface area contributed by atoms with E-state index in [0.29, 0.717) is 6.42 Å². The first-order valence-corrected chi connectivity index (χ1v) is 7.30. The SMILES string of the molecule is CCC(CCBr)NC(=O)Cc1ccc(OC)cc1. The van der Waals surface area contributed by atoms with Gasteiger partial charge in [0.2, 0.25) is 5.91 Å². The third kappa shape index (κ3) is 5.08. The number of carbonyl (C=O) groups is 1. The number of alkyl halides is 1. The van der Waals surface area contributed by atoms with Crippen molar-refractivity contribution in [1.82, 2.24) is 5.32 Å². The van der Waals surface area contributed by atoms with E-state index in [-0.39, 0.29) is 11.9 Å². The van der Waals surface area contributed by atoms with E-state index in [9.17, 15) is 4.79 Å². The number of halogens is 1. The lowest BCUT2D eigenvalue weighted by atomic mass is 10.1. The van der Waals surface area contributed by atoms with Gasteiger partial charge in [-0.25, -0.2) is 0 Å². The Morgan fingerprint density at radius 1 is 1.39 bits per heavy atom. The lowest BCUT2D eigenvalue weighted by Gasteiger charge is -2.15. The molecule has 0 bridgehead atoms. The molecule has 4 heteroatoms. The summed E-state index contributed by atoms with van der Waals surface area (Å²) in [5, 5.41) is 3.96. The molecule has 1 atom stereocenters. The van der Waals surface area contributed by atoms with Gasteiger partial charge in [0, 0.05) is 11.4 Å². The van der Waals surface area contributed by atoms with Gasteiger partial charge >= 0.3 is 0 Å². The van der Waals surface area contributed by atoms with Crippen LogP contribution >= 0.6 is 15.9 Å². The Hall–Kier alpha value is -1.03. The molecular formula is C14H20BrNO2. The van der Waals surface area contributed by atoms with Gasteiger partial charge < -0.3 is 10.1 Å². The van der Waals surface area contributed by atoms with E-state index in [1.165, 1.54) is 0 Å². The first-order chi connectivity index (χ1) is 8.69. The Morgan fingerprint density at radius 3 is 2.56 bits per heavy atom. The van der Waals surface area contributed by atoms with Gasteiger partial charge in [-0.3, -0.25) is 4.79 Å². The summed E-state index contributed by atoms with van der Waals surface area (Å²) in [6, 6.07) is 7.85. The highest BCUT2D eigenvalue weighted by molar-refractivity contribution is 9.09. The minimum atomic E-state index is 0.0768. The molecule has 3 nitrogen and oxygen atoms in total. The molecule has 0 fully saturated rings. The number of hydrogen-bond acceptors (Lipinski definition) is 2. The Kier molecular flexibility index (Phi) is 6.80. The van der Waals surface area contributed by atoms with E-state index in [2.05, 4.69) is 28.2 Å². The molecule has 1 amide bonds. The molecular weight excluding hydrogens is 294 g/mol. The summed E-state index contributed by atoms with van der Waals surface area (Å²) in [6.45, 7) is 2.08. The van der Waals surface area contributed by atoms with Crippen molar-refractivity contribution >= 4 is 21.8 Å². The lowest BCUT2D eigenvalue weighted by molar-refractivity contribution is -0.121. The van der Waals surface area contributed by atoms with Crippen LogP contribution in [-0.2, 0) is 11.2 Å². The summed E-state index contributed by atoms with van der Waals surface area (Å²) in [7, 11) is 1.63. The van der Waals surface area contributed by atoms with Crippen LogP contribution in [0.25, 0.3) is 0 Å². The van der Waals surface area contributed by atoms with E-state index in [1.54, 1.807) is 7.11 Å². The van der Waals surface area contributed by atoms with Crippen molar-refractivity contribution in [1.29, 1.82) is 0 Å². The van der Waals surface area contributed by atoms with Gasteiger partial charge in [-0.05, 0) is 30.5 Å². The number of methoxy groups -OCH3 is 1. The van der Waals surface area contributed by atoms with E-state index in [1.807, 2.05) is 24.3 Å². The molecule has 1 aromatic rings. The van der Waals surface area contributed by atoms with Gasteiger partial charge in [0.25, 0.3) is 0 Å². The van der Waals surface area contributed by atoms with Crippen LogP contribution < -0.4 is 10.1 Å². The first kappa shape index (κ1) is 15.0. The number of ether oxygens (including phenoxy) is 1. The predicted octanol–water partition coefficient (Wildman–Crippen LogP) is 2.92. The zero-order chi connectivity index (χ0) is 13.4. The van der Waals surface area contributed by atoms with Gasteiger partial charge in [-0.15, -0.1) is 0 Å². The minimum Gasteiger partial charge on any atom is -0.497 e. The van der Waals surface area contributed by atoms with E-state index < -0.39 is 0 Å². The van der Waals surface area contributed by atoms with Gasteiger partial charge in [0.05, 0.1) is 13.5 Å². The summed E-state index contributed by atoms with van der Waals surface area (Å²) < 4.78 is 5.08. The predicted molar refractivity (Wildman–Crippen MR) is 77.3 cm³/mol. The molecule has 1 unspecified atom stereocenters. The summed E-state index contributed by atoms with van der Waals surface area (Å²) in [5.74, 6) is 0.887. The summed E-state index contributed by atoms with van der Waals surface area (Å²) in [4.78, 5) is 11.9. The average Bonchev–Trinajstić information content (AvgIpc) is 2.39. The van der Waals surface area contributed by atoms with Crippen molar-refractivity contribution < 1.29 is 9.53 Å². The molecule has 0 saturated heterocycles. The van der Waals surface area contributed by atoms with Gasteiger partial charge in [0.1, 0.15) is 5.75 Å². The molecule has 18 heavy (non-hydrogen) atoms. The molecule has 0 saturated carbocycles. The summed E-state index contributed by atoms with van der Waals surface area (Å²) in [5.41, 5.74) is 1.00. The monoisotopic (exact) mass is 313 g/mol. The highest BCUT2D eigenvalue weighted by Gasteiger charge is 2.10. The van der Waals surface area contributed by atoms with Gasteiger partial charge in [0.15, 0.2) is 0 Å². The van der Waals surface area contributed by atoms with Crippen LogP contribution in [0.3, 0.4) is 0 Å². The lowest BCUT2D eigenvalue weighted by Crippen LogP contribution is -2.35. The second-order valence-electron chi connectivity index (χ2n) is 4.18. The molecule has 0 aliphatic heterocycles. The third-order valence-corrected chi connectivity index (χ3v) is 3.30. The van der Waals surface area contributed by atoms with Crippen LogP contribution in [0.4, 0.5) is 0 Å². The Labute approximate surface area is 117 Å². The van der Waals surface area contributed by atoms with Crippen LogP contribution in [0, 0.1) is 0 Å². The number of nitrogens with one attached hydrogen (secondary N) is 1. The smallest absolute Gasteiger partial charge is 0.224 e. The Bertz CT molecular complexity index is 365. The molecule has 0 aliphatic rings. The summed E-state index contributed by atoms with van der Waals surface area (Å²) >= 11 is 3.40. The van der Waals surface area contributed by atoms with Crippen molar-refractivity contribution in [3.63, 3.8) is 0 Å². The fraction of sp³-hybridized carbons (Fsp3) is 0.500. The average molecular weight is 314 g/mol. The van der Waals surface area contributed by atoms with Crippen molar-refractivity contribution in [2.75, 3.05) is 12.4 Å². The second kappa shape index (κ2) is 8.14. The summed E-state index contributed by atoms with van der Waals surface area (Å²) in [6.07, 6.45) is 2.34. The maximum Gasteiger partial charge on any atom is 0.224 e. The van der Waals surface area contributed by atoms with Crippen molar-refractivity contribution in [3.8, 4) is 5.75 Å². The number of carbonyl (C=O) groups excluding carboxylic acids is 1. The number of hydrogen-bond donors (Lipinski definition) is 1. The number of benzene rings is 1. The van der Waals surface area contributed by atoms with E-state index >= 15 is 0 Å².